The number of nitrogens with zero attached hydrogens (tertiary/aromatic N) is 1. The van der Waals surface area contributed by atoms with Crippen molar-refractivity contribution in [1.82, 2.24) is 0 Å². The van der Waals surface area contributed by atoms with E-state index in [1.165, 1.54) is 0 Å². The van der Waals surface area contributed by atoms with Crippen LogP contribution in [-0.4, -0.2) is 26.5 Å². The SMILES string of the molecule is CN(C)c1ccc(NCC(=O)Nc2ccc(OCc3ccccc3)cc2)cc1. The number of benzene rings is 3. The summed E-state index contributed by atoms with van der Waals surface area (Å²) in [6, 6.07) is 25.3. The molecule has 28 heavy (non-hydrogen) atoms. The normalized spacial score (nSPS) is 10.2. The highest BCUT2D eigenvalue weighted by molar-refractivity contribution is 5.93. The van der Waals surface area contributed by atoms with Crippen molar-refractivity contribution >= 4 is 23.0 Å². The molecule has 0 spiro atoms. The average molecular weight is 375 g/mol. The zero-order valence-electron chi connectivity index (χ0n) is 16.2. The van der Waals surface area contributed by atoms with Crippen LogP contribution in [0.3, 0.4) is 0 Å². The van der Waals surface area contributed by atoms with Crippen molar-refractivity contribution in [2.24, 2.45) is 0 Å². The van der Waals surface area contributed by atoms with Crippen molar-refractivity contribution in [2.75, 3.05) is 36.2 Å². The van der Waals surface area contributed by atoms with Crippen LogP contribution in [-0.2, 0) is 11.4 Å². The summed E-state index contributed by atoms with van der Waals surface area (Å²) >= 11 is 0. The van der Waals surface area contributed by atoms with Crippen molar-refractivity contribution in [1.29, 1.82) is 0 Å². The number of nitrogens with one attached hydrogen (secondary N) is 2. The Morgan fingerprint density at radius 3 is 2.14 bits per heavy atom. The van der Waals surface area contributed by atoms with Crippen molar-refractivity contribution in [3.05, 3.63) is 84.4 Å². The summed E-state index contributed by atoms with van der Waals surface area (Å²) < 4.78 is 5.76. The molecule has 0 aliphatic rings. The van der Waals surface area contributed by atoms with Gasteiger partial charge in [0.1, 0.15) is 12.4 Å². The third-order valence-corrected chi connectivity index (χ3v) is 4.22. The molecule has 0 unspecified atom stereocenters. The van der Waals surface area contributed by atoms with Gasteiger partial charge in [-0.1, -0.05) is 30.3 Å². The zero-order chi connectivity index (χ0) is 19.8. The number of carbonyl (C=O) groups is 1. The van der Waals surface area contributed by atoms with E-state index in [-0.39, 0.29) is 12.5 Å². The second kappa shape index (κ2) is 9.46. The van der Waals surface area contributed by atoms with Crippen LogP contribution in [0.4, 0.5) is 17.1 Å². The highest BCUT2D eigenvalue weighted by Crippen LogP contribution is 2.18. The molecule has 0 aliphatic carbocycles. The monoisotopic (exact) mass is 375 g/mol. The maximum Gasteiger partial charge on any atom is 0.243 e. The molecule has 3 rings (SSSR count). The molecule has 1 amide bonds. The molecule has 0 radical (unpaired) electrons. The number of rotatable bonds is 8. The largest absolute Gasteiger partial charge is 0.489 e. The van der Waals surface area contributed by atoms with Crippen molar-refractivity contribution in [2.45, 2.75) is 6.61 Å². The molecule has 0 saturated carbocycles. The molecule has 0 saturated heterocycles. The van der Waals surface area contributed by atoms with Crippen molar-refractivity contribution < 1.29 is 9.53 Å². The summed E-state index contributed by atoms with van der Waals surface area (Å²) in [6.45, 7) is 0.719. The Morgan fingerprint density at radius 2 is 1.50 bits per heavy atom. The van der Waals surface area contributed by atoms with Crippen LogP contribution in [0.15, 0.2) is 78.9 Å². The van der Waals surface area contributed by atoms with Crippen LogP contribution in [0.5, 0.6) is 5.75 Å². The van der Waals surface area contributed by atoms with Crippen LogP contribution < -0.4 is 20.3 Å². The first-order chi connectivity index (χ1) is 13.6. The fourth-order valence-electron chi connectivity index (χ4n) is 2.64. The summed E-state index contributed by atoms with van der Waals surface area (Å²) in [5, 5.41) is 6.00. The Labute approximate surface area is 166 Å². The van der Waals surface area contributed by atoms with E-state index in [1.54, 1.807) is 0 Å². The minimum absolute atomic E-state index is 0.102. The van der Waals surface area contributed by atoms with Crippen LogP contribution in [0.2, 0.25) is 0 Å². The van der Waals surface area contributed by atoms with E-state index in [0.717, 1.165) is 28.4 Å². The maximum atomic E-state index is 12.1. The van der Waals surface area contributed by atoms with Gasteiger partial charge < -0.3 is 20.3 Å². The van der Waals surface area contributed by atoms with Gasteiger partial charge in [0.25, 0.3) is 0 Å². The summed E-state index contributed by atoms with van der Waals surface area (Å²) in [5.74, 6) is 0.663. The molecule has 0 aromatic heterocycles. The number of ether oxygens (including phenoxy) is 1. The first-order valence-electron chi connectivity index (χ1n) is 9.18. The quantitative estimate of drug-likeness (QED) is 0.613. The van der Waals surface area contributed by atoms with Crippen LogP contribution in [0.1, 0.15) is 5.56 Å². The van der Waals surface area contributed by atoms with Crippen molar-refractivity contribution in [3.8, 4) is 5.75 Å². The molecular formula is C23H25N3O2. The standard InChI is InChI=1S/C23H25N3O2/c1-26(2)21-12-8-19(9-13-21)24-16-23(27)25-20-10-14-22(15-11-20)28-17-18-6-4-3-5-7-18/h3-15,24H,16-17H2,1-2H3,(H,25,27). The molecule has 5 heteroatoms. The number of hydrogen-bond acceptors (Lipinski definition) is 4. The summed E-state index contributed by atoms with van der Waals surface area (Å²) in [5.41, 5.74) is 3.88. The van der Waals surface area contributed by atoms with E-state index in [0.29, 0.717) is 6.61 Å². The lowest BCUT2D eigenvalue weighted by Crippen LogP contribution is -2.21. The Kier molecular flexibility index (Phi) is 6.52. The van der Waals surface area contributed by atoms with Crippen LogP contribution in [0, 0.1) is 0 Å². The molecule has 2 N–H and O–H groups in total. The lowest BCUT2D eigenvalue weighted by Gasteiger charge is -2.13. The fraction of sp³-hybridized carbons (Fsp3) is 0.174. The number of carbonyl (C=O) groups excluding carboxylic acids is 1. The van der Waals surface area contributed by atoms with Crippen LogP contribution >= 0.6 is 0 Å². The molecule has 0 heterocycles. The van der Waals surface area contributed by atoms with Gasteiger partial charge in [0, 0.05) is 31.2 Å². The highest BCUT2D eigenvalue weighted by Gasteiger charge is 2.04. The average Bonchev–Trinajstić information content (AvgIpc) is 2.73. The Hall–Kier alpha value is -3.47. The van der Waals surface area contributed by atoms with Gasteiger partial charge in [-0.3, -0.25) is 4.79 Å². The minimum Gasteiger partial charge on any atom is -0.489 e. The topological polar surface area (TPSA) is 53.6 Å². The second-order valence-electron chi connectivity index (χ2n) is 6.64. The summed E-state index contributed by atoms with van der Waals surface area (Å²) in [6.07, 6.45) is 0. The first kappa shape index (κ1) is 19.3. The molecule has 3 aromatic carbocycles. The number of anilines is 3. The smallest absolute Gasteiger partial charge is 0.243 e. The van der Waals surface area contributed by atoms with Crippen LogP contribution in [0.25, 0.3) is 0 Å². The highest BCUT2D eigenvalue weighted by atomic mass is 16.5. The fourth-order valence-corrected chi connectivity index (χ4v) is 2.64. The van der Waals surface area contributed by atoms with E-state index in [2.05, 4.69) is 10.6 Å². The molecule has 0 aliphatic heterocycles. The Morgan fingerprint density at radius 1 is 0.857 bits per heavy atom. The third kappa shape index (κ3) is 5.77. The molecule has 144 valence electrons. The summed E-state index contributed by atoms with van der Waals surface area (Å²) in [7, 11) is 3.99. The van der Waals surface area contributed by atoms with E-state index in [1.807, 2.05) is 97.9 Å². The zero-order valence-corrected chi connectivity index (χ0v) is 16.2. The summed E-state index contributed by atoms with van der Waals surface area (Å²) in [4.78, 5) is 14.2. The van der Waals surface area contributed by atoms with Gasteiger partial charge in [-0.05, 0) is 54.1 Å². The third-order valence-electron chi connectivity index (χ3n) is 4.22. The van der Waals surface area contributed by atoms with E-state index < -0.39 is 0 Å². The van der Waals surface area contributed by atoms with Gasteiger partial charge in [0.2, 0.25) is 5.91 Å². The molecular weight excluding hydrogens is 350 g/mol. The van der Waals surface area contributed by atoms with Gasteiger partial charge in [-0.2, -0.15) is 0 Å². The molecule has 3 aromatic rings. The minimum atomic E-state index is -0.102. The predicted octanol–water partition coefficient (Wildman–Crippen LogP) is 4.38. The van der Waals surface area contributed by atoms with Gasteiger partial charge in [0.15, 0.2) is 0 Å². The van der Waals surface area contributed by atoms with Gasteiger partial charge in [-0.15, -0.1) is 0 Å². The number of amides is 1. The molecule has 5 nitrogen and oxygen atoms in total. The van der Waals surface area contributed by atoms with Gasteiger partial charge in [0.05, 0.1) is 6.54 Å². The van der Waals surface area contributed by atoms with E-state index in [4.69, 9.17) is 4.74 Å². The maximum absolute atomic E-state index is 12.1. The lowest BCUT2D eigenvalue weighted by molar-refractivity contribution is -0.114. The molecule has 0 fully saturated rings. The van der Waals surface area contributed by atoms with Gasteiger partial charge in [-0.25, -0.2) is 0 Å². The predicted molar refractivity (Wildman–Crippen MR) is 115 cm³/mol. The lowest BCUT2D eigenvalue weighted by atomic mass is 10.2. The Balaban J connectivity index is 1.45. The van der Waals surface area contributed by atoms with E-state index in [9.17, 15) is 4.79 Å². The van der Waals surface area contributed by atoms with E-state index >= 15 is 0 Å². The molecule has 0 atom stereocenters. The van der Waals surface area contributed by atoms with Crippen molar-refractivity contribution in [3.63, 3.8) is 0 Å². The number of hydrogen-bond donors (Lipinski definition) is 2. The molecule has 0 bridgehead atoms. The Bertz CT molecular complexity index is 876. The first-order valence-corrected chi connectivity index (χ1v) is 9.18. The van der Waals surface area contributed by atoms with Gasteiger partial charge >= 0.3 is 0 Å². The second-order valence-corrected chi connectivity index (χ2v) is 6.64.